The van der Waals surface area contributed by atoms with Crippen LogP contribution in [0.25, 0.3) is 0 Å². The molecule has 2 aliphatic rings. The number of hydrogen-bond acceptors (Lipinski definition) is 6. The molecule has 6 nitrogen and oxygen atoms in total. The number of anilines is 3. The topological polar surface area (TPSA) is 80.0 Å². The van der Waals surface area contributed by atoms with Gasteiger partial charge in [-0.15, -0.1) is 0 Å². The zero-order valence-corrected chi connectivity index (χ0v) is 20.6. The second-order valence-electron chi connectivity index (χ2n) is 10.1. The molecule has 36 heavy (non-hydrogen) atoms. The number of benzene rings is 1. The van der Waals surface area contributed by atoms with Gasteiger partial charge in [-0.3, -0.25) is 0 Å². The molecule has 0 unspecified atom stereocenters. The van der Waals surface area contributed by atoms with Crippen molar-refractivity contribution in [2.75, 3.05) is 29.9 Å². The number of nitrogens with two attached hydrogens (primary N) is 1. The minimum absolute atomic E-state index is 0.0335. The van der Waals surface area contributed by atoms with Gasteiger partial charge in [0, 0.05) is 54.8 Å². The van der Waals surface area contributed by atoms with E-state index in [0.717, 1.165) is 47.5 Å². The van der Waals surface area contributed by atoms with Crippen LogP contribution in [0.2, 0.25) is 0 Å². The molecule has 1 fully saturated rings. The van der Waals surface area contributed by atoms with Crippen molar-refractivity contribution in [1.29, 1.82) is 0 Å². The predicted octanol–water partition coefficient (Wildman–Crippen LogP) is 5.35. The van der Waals surface area contributed by atoms with Crippen molar-refractivity contribution in [2.45, 2.75) is 57.0 Å². The average molecular weight is 497 g/mol. The number of fused-ring (bicyclic) bond motifs is 1. The van der Waals surface area contributed by atoms with E-state index in [1.807, 2.05) is 26.0 Å². The lowest BCUT2D eigenvalue weighted by Gasteiger charge is -2.24. The van der Waals surface area contributed by atoms with Crippen LogP contribution in [0, 0.1) is 0 Å². The molecule has 1 aromatic carbocycles. The zero-order valence-electron chi connectivity index (χ0n) is 20.6. The Labute approximate surface area is 209 Å². The Morgan fingerprint density at radius 2 is 1.78 bits per heavy atom. The van der Waals surface area contributed by atoms with E-state index in [2.05, 4.69) is 22.4 Å². The molecule has 1 saturated carbocycles. The first-order valence-electron chi connectivity index (χ1n) is 12.4. The summed E-state index contributed by atoms with van der Waals surface area (Å²) >= 11 is 0. The molecule has 1 aliphatic carbocycles. The fourth-order valence-corrected chi connectivity index (χ4v) is 4.87. The van der Waals surface area contributed by atoms with Gasteiger partial charge in [0.1, 0.15) is 17.5 Å². The average Bonchev–Trinajstić information content (AvgIpc) is 3.68. The highest BCUT2D eigenvalue weighted by molar-refractivity contribution is 5.62. The molecule has 0 radical (unpaired) electrons. The molecular weight excluding hydrogens is 465 g/mol. The molecule has 190 valence electrons. The van der Waals surface area contributed by atoms with Crippen molar-refractivity contribution >= 4 is 17.3 Å². The fourth-order valence-electron chi connectivity index (χ4n) is 4.87. The highest BCUT2D eigenvalue weighted by Crippen LogP contribution is 2.47. The first kappa shape index (κ1) is 24.5. The number of halogens is 3. The van der Waals surface area contributed by atoms with Crippen molar-refractivity contribution < 1.29 is 13.2 Å². The highest BCUT2D eigenvalue weighted by atomic mass is 19.4. The molecule has 1 aliphatic heterocycles. The maximum Gasteiger partial charge on any atom is 0.419 e. The number of nitrogens with zero attached hydrogens (tertiary/aromatic N) is 4. The van der Waals surface area contributed by atoms with Gasteiger partial charge < -0.3 is 16.0 Å². The van der Waals surface area contributed by atoms with Crippen LogP contribution in [0.1, 0.15) is 60.8 Å². The number of alkyl halides is 3. The molecule has 2 aromatic heterocycles. The van der Waals surface area contributed by atoms with E-state index < -0.39 is 11.7 Å². The number of nitrogens with one attached hydrogen (secondary N) is 1. The van der Waals surface area contributed by atoms with Crippen molar-refractivity contribution in [3.05, 3.63) is 70.8 Å². The van der Waals surface area contributed by atoms with Crippen LogP contribution in [0.15, 0.2) is 42.6 Å². The summed E-state index contributed by atoms with van der Waals surface area (Å²) in [6.45, 7) is 5.52. The van der Waals surface area contributed by atoms with Gasteiger partial charge in [-0.2, -0.15) is 13.2 Å². The second kappa shape index (κ2) is 9.35. The minimum Gasteiger partial charge on any atom is -0.355 e. The maximum absolute atomic E-state index is 13.6. The summed E-state index contributed by atoms with van der Waals surface area (Å²) in [4.78, 5) is 15.4. The Bertz CT molecular complexity index is 1240. The van der Waals surface area contributed by atoms with Crippen LogP contribution in [-0.2, 0) is 24.4 Å². The van der Waals surface area contributed by atoms with Crippen LogP contribution < -0.4 is 16.0 Å². The molecule has 9 heteroatoms. The van der Waals surface area contributed by atoms with Crippen molar-refractivity contribution in [3.8, 4) is 0 Å². The van der Waals surface area contributed by atoms with Crippen LogP contribution in [-0.4, -0.2) is 34.6 Å². The van der Waals surface area contributed by atoms with Gasteiger partial charge in [0.15, 0.2) is 0 Å². The van der Waals surface area contributed by atoms with E-state index in [-0.39, 0.29) is 17.2 Å². The largest absolute Gasteiger partial charge is 0.419 e. The Morgan fingerprint density at radius 3 is 2.42 bits per heavy atom. The third kappa shape index (κ3) is 4.76. The first-order valence-corrected chi connectivity index (χ1v) is 12.4. The van der Waals surface area contributed by atoms with Gasteiger partial charge in [0.25, 0.3) is 0 Å². The van der Waals surface area contributed by atoms with Gasteiger partial charge in [0.05, 0.1) is 11.3 Å². The Kier molecular flexibility index (Phi) is 6.36. The van der Waals surface area contributed by atoms with E-state index in [0.29, 0.717) is 32.5 Å². The Hall–Kier alpha value is -3.20. The minimum atomic E-state index is -4.46. The van der Waals surface area contributed by atoms with E-state index in [1.54, 1.807) is 4.90 Å². The molecule has 3 N–H and O–H groups in total. The second-order valence-corrected chi connectivity index (χ2v) is 10.1. The lowest BCUT2D eigenvalue weighted by atomic mass is 9.96. The van der Waals surface area contributed by atoms with Crippen molar-refractivity contribution in [3.63, 3.8) is 0 Å². The summed E-state index contributed by atoms with van der Waals surface area (Å²) in [5, 5.41) is 3.47. The van der Waals surface area contributed by atoms with Crippen LogP contribution in [0.3, 0.4) is 0 Å². The summed E-state index contributed by atoms with van der Waals surface area (Å²) < 4.78 is 40.9. The smallest absolute Gasteiger partial charge is 0.355 e. The summed E-state index contributed by atoms with van der Waals surface area (Å²) in [7, 11) is 0. The third-order valence-corrected chi connectivity index (χ3v) is 7.27. The lowest BCUT2D eigenvalue weighted by molar-refractivity contribution is -0.137. The molecule has 3 heterocycles. The fraction of sp³-hybridized carbons (Fsp3) is 0.444. The summed E-state index contributed by atoms with van der Waals surface area (Å²) in [5.41, 5.74) is 9.37. The van der Waals surface area contributed by atoms with Crippen LogP contribution in [0.4, 0.5) is 30.5 Å². The summed E-state index contributed by atoms with van der Waals surface area (Å²) in [6, 6.07) is 10.7. The summed E-state index contributed by atoms with van der Waals surface area (Å²) in [6.07, 6.45) is 0.213. The third-order valence-electron chi connectivity index (χ3n) is 7.27. The first-order chi connectivity index (χ1) is 17.2. The predicted molar refractivity (Wildman–Crippen MR) is 135 cm³/mol. The SMILES string of the molecule is CC(C)c1nc2c(c(Nc3ccc(C4(CN)CC4)cc3)n1)CCN(c1ncccc1C(F)(F)F)CC2. The standard InChI is InChI=1S/C27H31F3N6/c1-17(2)23-34-22-10-15-36(25-21(27(28,29)30)4-3-13-32-25)14-9-20(22)24(35-23)33-19-7-5-18(6-8-19)26(16-31)11-12-26/h3-8,13,17H,9-12,14-16,31H2,1-2H3,(H,33,34,35). The Morgan fingerprint density at radius 1 is 1.06 bits per heavy atom. The van der Waals surface area contributed by atoms with E-state index in [1.165, 1.54) is 17.8 Å². The van der Waals surface area contributed by atoms with Gasteiger partial charge in [-0.25, -0.2) is 15.0 Å². The van der Waals surface area contributed by atoms with E-state index in [4.69, 9.17) is 15.7 Å². The number of pyridine rings is 1. The molecule has 0 spiro atoms. The van der Waals surface area contributed by atoms with Gasteiger partial charge >= 0.3 is 6.18 Å². The summed E-state index contributed by atoms with van der Waals surface area (Å²) in [5.74, 6) is 1.52. The van der Waals surface area contributed by atoms with Gasteiger partial charge in [0.2, 0.25) is 0 Å². The van der Waals surface area contributed by atoms with Gasteiger partial charge in [-0.1, -0.05) is 26.0 Å². The van der Waals surface area contributed by atoms with E-state index >= 15 is 0 Å². The monoisotopic (exact) mass is 496 g/mol. The molecule has 0 bridgehead atoms. The van der Waals surface area contributed by atoms with Crippen LogP contribution >= 0.6 is 0 Å². The lowest BCUT2D eigenvalue weighted by Crippen LogP contribution is -2.29. The van der Waals surface area contributed by atoms with Gasteiger partial charge in [-0.05, 0) is 49.1 Å². The molecular formula is C27H31F3N6. The molecule has 3 aromatic rings. The molecule has 0 atom stereocenters. The zero-order chi connectivity index (χ0) is 25.5. The highest BCUT2D eigenvalue weighted by Gasteiger charge is 2.42. The number of hydrogen-bond donors (Lipinski definition) is 2. The van der Waals surface area contributed by atoms with E-state index in [9.17, 15) is 13.2 Å². The normalized spacial score (nSPS) is 17.0. The van der Waals surface area contributed by atoms with Crippen LogP contribution in [0.5, 0.6) is 0 Å². The molecule has 5 rings (SSSR count). The number of aromatic nitrogens is 3. The maximum atomic E-state index is 13.6. The van der Waals surface area contributed by atoms with Crippen molar-refractivity contribution in [1.82, 2.24) is 15.0 Å². The van der Waals surface area contributed by atoms with Crippen molar-refractivity contribution in [2.24, 2.45) is 5.73 Å². The molecule has 0 saturated heterocycles. The molecule has 0 amide bonds. The quantitative estimate of drug-likeness (QED) is 0.479. The Balaban J connectivity index is 1.44. The number of rotatable bonds is 6.